The predicted molar refractivity (Wildman–Crippen MR) is 79.3 cm³/mol. The zero-order valence-corrected chi connectivity index (χ0v) is 12.1. The molecule has 0 aliphatic heterocycles. The Balaban J connectivity index is 2.10. The van der Waals surface area contributed by atoms with E-state index in [2.05, 4.69) is 10.4 Å². The van der Waals surface area contributed by atoms with Crippen molar-refractivity contribution in [3.05, 3.63) is 46.8 Å². The number of anilines is 1. The van der Waals surface area contributed by atoms with Crippen LogP contribution in [0, 0.1) is 6.92 Å². The Morgan fingerprint density at radius 1 is 1.45 bits per heavy atom. The van der Waals surface area contributed by atoms with Gasteiger partial charge in [0.1, 0.15) is 0 Å². The van der Waals surface area contributed by atoms with Crippen molar-refractivity contribution in [1.82, 2.24) is 15.1 Å². The fourth-order valence-electron chi connectivity index (χ4n) is 2.15. The first-order valence-electron chi connectivity index (χ1n) is 6.67. The van der Waals surface area contributed by atoms with Crippen LogP contribution in [0.3, 0.4) is 0 Å². The first-order valence-corrected chi connectivity index (χ1v) is 6.67. The van der Waals surface area contributed by atoms with E-state index in [0.29, 0.717) is 12.1 Å². The van der Waals surface area contributed by atoms with Gasteiger partial charge in [0.05, 0.1) is 11.3 Å². The fourth-order valence-corrected chi connectivity index (χ4v) is 2.15. The van der Waals surface area contributed by atoms with E-state index >= 15 is 0 Å². The van der Waals surface area contributed by atoms with Gasteiger partial charge in [0.25, 0.3) is 5.91 Å². The van der Waals surface area contributed by atoms with Crippen molar-refractivity contribution >= 4 is 11.6 Å². The summed E-state index contributed by atoms with van der Waals surface area (Å²) in [6, 6.07) is 5.72. The number of aryl methyl sites for hydroxylation is 2. The van der Waals surface area contributed by atoms with Crippen LogP contribution in [0.1, 0.15) is 34.1 Å². The molecule has 5 heteroatoms. The lowest BCUT2D eigenvalue weighted by Gasteiger charge is -2.09. The molecule has 2 aromatic rings. The third-order valence-electron chi connectivity index (χ3n) is 3.41. The monoisotopic (exact) mass is 272 g/mol. The molecule has 3 N–H and O–H groups in total. The van der Waals surface area contributed by atoms with Crippen LogP contribution >= 0.6 is 0 Å². The standard InChI is InChI=1S/C15H20N4O/c1-4-14-12(9-19(3)18-14)15(20)17-8-11-6-5-7-13(16)10(11)2/h5-7,9H,4,8,16H2,1-3H3,(H,17,20). The summed E-state index contributed by atoms with van der Waals surface area (Å²) < 4.78 is 1.67. The molecule has 0 unspecified atom stereocenters. The molecule has 0 aliphatic carbocycles. The summed E-state index contributed by atoms with van der Waals surface area (Å²) in [7, 11) is 1.82. The Bertz CT molecular complexity index is 631. The third kappa shape index (κ3) is 2.82. The van der Waals surface area contributed by atoms with E-state index in [1.807, 2.05) is 39.1 Å². The van der Waals surface area contributed by atoms with Crippen molar-refractivity contribution in [1.29, 1.82) is 0 Å². The number of rotatable bonds is 4. The number of carbonyl (C=O) groups is 1. The molecule has 1 heterocycles. The van der Waals surface area contributed by atoms with Crippen LogP contribution in [0.5, 0.6) is 0 Å². The van der Waals surface area contributed by atoms with E-state index in [0.717, 1.165) is 28.9 Å². The summed E-state index contributed by atoms with van der Waals surface area (Å²) in [6.07, 6.45) is 2.49. The topological polar surface area (TPSA) is 72.9 Å². The SMILES string of the molecule is CCc1nn(C)cc1C(=O)NCc1cccc(N)c1C. The van der Waals surface area contributed by atoms with Gasteiger partial charge in [-0.3, -0.25) is 9.48 Å². The highest BCUT2D eigenvalue weighted by molar-refractivity contribution is 5.95. The second-order valence-electron chi connectivity index (χ2n) is 4.83. The quantitative estimate of drug-likeness (QED) is 0.834. The summed E-state index contributed by atoms with van der Waals surface area (Å²) >= 11 is 0. The molecule has 0 radical (unpaired) electrons. The number of amides is 1. The van der Waals surface area contributed by atoms with Crippen LogP contribution in [-0.2, 0) is 20.0 Å². The molecule has 20 heavy (non-hydrogen) atoms. The van der Waals surface area contributed by atoms with E-state index in [1.54, 1.807) is 10.9 Å². The van der Waals surface area contributed by atoms with Crippen molar-refractivity contribution < 1.29 is 4.79 Å². The van der Waals surface area contributed by atoms with Crippen molar-refractivity contribution in [2.75, 3.05) is 5.73 Å². The third-order valence-corrected chi connectivity index (χ3v) is 3.41. The maximum atomic E-state index is 12.2. The van der Waals surface area contributed by atoms with Crippen LogP contribution in [0.2, 0.25) is 0 Å². The highest BCUT2D eigenvalue weighted by atomic mass is 16.1. The van der Waals surface area contributed by atoms with Gasteiger partial charge in [0.15, 0.2) is 0 Å². The molecule has 1 aromatic carbocycles. The van der Waals surface area contributed by atoms with Gasteiger partial charge in [-0.25, -0.2) is 0 Å². The Labute approximate surface area is 118 Å². The Kier molecular flexibility index (Phi) is 4.08. The summed E-state index contributed by atoms with van der Waals surface area (Å²) in [4.78, 5) is 12.2. The van der Waals surface area contributed by atoms with Crippen LogP contribution < -0.4 is 11.1 Å². The van der Waals surface area contributed by atoms with Gasteiger partial charge in [-0.05, 0) is 30.5 Å². The number of nitrogens with one attached hydrogen (secondary N) is 1. The number of nitrogen functional groups attached to an aromatic ring is 1. The molecule has 0 aliphatic rings. The van der Waals surface area contributed by atoms with Gasteiger partial charge in [0.2, 0.25) is 0 Å². The van der Waals surface area contributed by atoms with Crippen molar-refractivity contribution in [3.8, 4) is 0 Å². The molecule has 2 rings (SSSR count). The normalized spacial score (nSPS) is 10.6. The molecular formula is C15H20N4O. The van der Waals surface area contributed by atoms with Crippen LogP contribution in [0.4, 0.5) is 5.69 Å². The van der Waals surface area contributed by atoms with Crippen LogP contribution in [0.25, 0.3) is 0 Å². The van der Waals surface area contributed by atoms with Gasteiger partial charge >= 0.3 is 0 Å². The maximum absolute atomic E-state index is 12.2. The highest BCUT2D eigenvalue weighted by Crippen LogP contribution is 2.15. The number of nitrogens with two attached hydrogens (primary N) is 1. The van der Waals surface area contributed by atoms with Gasteiger partial charge in [-0.2, -0.15) is 5.10 Å². The number of benzene rings is 1. The predicted octanol–water partition coefficient (Wildman–Crippen LogP) is 1.80. The fraction of sp³-hybridized carbons (Fsp3) is 0.333. The Morgan fingerprint density at radius 2 is 2.20 bits per heavy atom. The lowest BCUT2D eigenvalue weighted by molar-refractivity contribution is 0.0950. The number of hydrogen-bond acceptors (Lipinski definition) is 3. The lowest BCUT2D eigenvalue weighted by atomic mass is 10.1. The summed E-state index contributed by atoms with van der Waals surface area (Å²) in [6.45, 7) is 4.41. The number of hydrogen-bond donors (Lipinski definition) is 2. The molecular weight excluding hydrogens is 252 g/mol. The minimum absolute atomic E-state index is 0.100. The van der Waals surface area contributed by atoms with Crippen molar-refractivity contribution in [2.24, 2.45) is 7.05 Å². The van der Waals surface area contributed by atoms with Crippen LogP contribution in [0.15, 0.2) is 24.4 Å². The van der Waals surface area contributed by atoms with E-state index in [4.69, 9.17) is 5.73 Å². The summed E-state index contributed by atoms with van der Waals surface area (Å²) in [5, 5.41) is 7.20. The average molecular weight is 272 g/mol. The molecule has 0 spiro atoms. The molecule has 1 amide bonds. The van der Waals surface area contributed by atoms with Gasteiger partial charge in [-0.15, -0.1) is 0 Å². The van der Waals surface area contributed by atoms with Gasteiger partial charge in [-0.1, -0.05) is 19.1 Å². The first kappa shape index (κ1) is 14.1. The second-order valence-corrected chi connectivity index (χ2v) is 4.83. The largest absolute Gasteiger partial charge is 0.399 e. The molecule has 0 saturated carbocycles. The Morgan fingerprint density at radius 3 is 2.90 bits per heavy atom. The Hall–Kier alpha value is -2.30. The molecule has 0 atom stereocenters. The number of aromatic nitrogens is 2. The highest BCUT2D eigenvalue weighted by Gasteiger charge is 2.14. The maximum Gasteiger partial charge on any atom is 0.255 e. The minimum Gasteiger partial charge on any atom is -0.399 e. The smallest absolute Gasteiger partial charge is 0.255 e. The van der Waals surface area contributed by atoms with Gasteiger partial charge < -0.3 is 11.1 Å². The van der Waals surface area contributed by atoms with Crippen LogP contribution in [-0.4, -0.2) is 15.7 Å². The number of carbonyl (C=O) groups excluding carboxylic acids is 1. The number of nitrogens with zero attached hydrogens (tertiary/aromatic N) is 2. The first-order chi connectivity index (χ1) is 9.52. The molecule has 1 aromatic heterocycles. The van der Waals surface area contributed by atoms with E-state index < -0.39 is 0 Å². The molecule has 5 nitrogen and oxygen atoms in total. The zero-order valence-electron chi connectivity index (χ0n) is 12.1. The van der Waals surface area contributed by atoms with Crippen molar-refractivity contribution in [3.63, 3.8) is 0 Å². The zero-order chi connectivity index (χ0) is 14.7. The van der Waals surface area contributed by atoms with Gasteiger partial charge in [0, 0.05) is 25.5 Å². The van der Waals surface area contributed by atoms with E-state index in [1.165, 1.54) is 0 Å². The van der Waals surface area contributed by atoms with E-state index in [9.17, 15) is 4.79 Å². The molecule has 0 saturated heterocycles. The lowest BCUT2D eigenvalue weighted by Crippen LogP contribution is -2.24. The molecule has 106 valence electrons. The summed E-state index contributed by atoms with van der Waals surface area (Å²) in [5.74, 6) is -0.100. The van der Waals surface area contributed by atoms with Crippen molar-refractivity contribution in [2.45, 2.75) is 26.8 Å². The molecule has 0 bridgehead atoms. The average Bonchev–Trinajstić information content (AvgIpc) is 2.81. The second kappa shape index (κ2) is 5.77. The minimum atomic E-state index is -0.100. The van der Waals surface area contributed by atoms with E-state index in [-0.39, 0.29) is 5.91 Å². The summed E-state index contributed by atoms with van der Waals surface area (Å²) in [5.41, 5.74) is 10.1. The molecule has 0 fully saturated rings.